The molecule has 0 radical (unpaired) electrons. The number of hydrogen-bond acceptors (Lipinski definition) is 5. The van der Waals surface area contributed by atoms with E-state index in [9.17, 15) is 9.59 Å². The standard InChI is InChI=1S/C24H18Br2ClN3O4/c1-2-33-19-11-15(12-28-30-23(31)17-5-3-4-6-18(17)29-24(30)32)20(25)21(26)22(19)34-13-14-7-9-16(27)10-8-14/h3-12H,2,13H2,1H3,(H,29,32). The Labute approximate surface area is 216 Å². The smallest absolute Gasteiger partial charge is 0.349 e. The number of nitrogens with one attached hydrogen (secondary N) is 1. The van der Waals surface area contributed by atoms with Crippen molar-refractivity contribution in [3.63, 3.8) is 0 Å². The van der Waals surface area contributed by atoms with Gasteiger partial charge in [0.15, 0.2) is 11.5 Å². The van der Waals surface area contributed by atoms with Crippen LogP contribution in [-0.2, 0) is 6.61 Å². The third-order valence-corrected chi connectivity index (χ3v) is 7.24. The average molecular weight is 608 g/mol. The van der Waals surface area contributed by atoms with Crippen molar-refractivity contribution in [3.8, 4) is 11.5 Å². The van der Waals surface area contributed by atoms with Crippen LogP contribution >= 0.6 is 43.5 Å². The van der Waals surface area contributed by atoms with E-state index in [2.05, 4.69) is 41.9 Å². The topological polar surface area (TPSA) is 85.7 Å². The second-order valence-electron chi connectivity index (χ2n) is 7.11. The molecule has 1 N–H and O–H groups in total. The van der Waals surface area contributed by atoms with E-state index in [0.717, 1.165) is 10.2 Å². The molecular formula is C24H18Br2ClN3O4. The lowest BCUT2D eigenvalue weighted by atomic mass is 10.2. The summed E-state index contributed by atoms with van der Waals surface area (Å²) in [6, 6.07) is 15.8. The van der Waals surface area contributed by atoms with E-state index in [4.69, 9.17) is 21.1 Å². The van der Waals surface area contributed by atoms with Gasteiger partial charge in [-0.25, -0.2) is 4.79 Å². The summed E-state index contributed by atoms with van der Waals surface area (Å²) < 4.78 is 13.8. The molecule has 0 spiro atoms. The number of hydrogen-bond donors (Lipinski definition) is 1. The number of aromatic amines is 1. The number of para-hydroxylation sites is 1. The average Bonchev–Trinajstić information content (AvgIpc) is 2.83. The molecule has 0 aliphatic carbocycles. The van der Waals surface area contributed by atoms with Crippen molar-refractivity contribution in [2.24, 2.45) is 5.10 Å². The van der Waals surface area contributed by atoms with Crippen molar-refractivity contribution in [2.75, 3.05) is 6.61 Å². The van der Waals surface area contributed by atoms with Crippen molar-refractivity contribution in [2.45, 2.75) is 13.5 Å². The number of rotatable bonds is 7. The molecule has 10 heteroatoms. The van der Waals surface area contributed by atoms with Crippen LogP contribution in [0.3, 0.4) is 0 Å². The lowest BCUT2D eigenvalue weighted by molar-refractivity contribution is 0.267. The molecule has 0 saturated heterocycles. The maximum absolute atomic E-state index is 12.7. The zero-order valence-corrected chi connectivity index (χ0v) is 21.8. The minimum atomic E-state index is -0.636. The number of halogens is 3. The number of nitrogens with zero attached hydrogens (tertiary/aromatic N) is 2. The third-order valence-electron chi connectivity index (χ3n) is 4.85. The van der Waals surface area contributed by atoms with E-state index in [1.165, 1.54) is 6.21 Å². The fourth-order valence-corrected chi connectivity index (χ4v) is 4.27. The van der Waals surface area contributed by atoms with Gasteiger partial charge >= 0.3 is 5.69 Å². The van der Waals surface area contributed by atoms with Crippen molar-refractivity contribution in [1.82, 2.24) is 9.66 Å². The molecule has 0 fully saturated rings. The van der Waals surface area contributed by atoms with Crippen molar-refractivity contribution >= 4 is 60.6 Å². The molecule has 0 saturated carbocycles. The molecular weight excluding hydrogens is 590 g/mol. The normalized spacial score (nSPS) is 11.3. The second-order valence-corrected chi connectivity index (χ2v) is 9.13. The Balaban J connectivity index is 1.70. The van der Waals surface area contributed by atoms with Gasteiger partial charge in [-0.1, -0.05) is 35.9 Å². The molecule has 0 amide bonds. The summed E-state index contributed by atoms with van der Waals surface area (Å²) >= 11 is 13.0. The molecule has 0 bridgehead atoms. The molecule has 0 atom stereocenters. The van der Waals surface area contributed by atoms with Gasteiger partial charge in [0.2, 0.25) is 0 Å². The Morgan fingerprint density at radius 1 is 1.06 bits per heavy atom. The zero-order chi connectivity index (χ0) is 24.2. The van der Waals surface area contributed by atoms with E-state index < -0.39 is 11.2 Å². The van der Waals surface area contributed by atoms with Crippen LogP contribution < -0.4 is 20.7 Å². The molecule has 0 aliphatic rings. The predicted octanol–water partition coefficient (Wildman–Crippen LogP) is 5.73. The zero-order valence-electron chi connectivity index (χ0n) is 17.8. The first-order valence-corrected chi connectivity index (χ1v) is 12.2. The van der Waals surface area contributed by atoms with Crippen LogP contribution in [0.25, 0.3) is 10.9 Å². The quantitative estimate of drug-likeness (QED) is 0.272. The summed E-state index contributed by atoms with van der Waals surface area (Å²) in [5.74, 6) is 0.981. The van der Waals surface area contributed by atoms with Crippen LogP contribution in [0.15, 0.2) is 78.2 Å². The number of benzene rings is 3. The first-order valence-electron chi connectivity index (χ1n) is 10.2. The van der Waals surface area contributed by atoms with Crippen LogP contribution in [0.2, 0.25) is 5.02 Å². The van der Waals surface area contributed by atoms with Crippen LogP contribution in [0.1, 0.15) is 18.1 Å². The monoisotopic (exact) mass is 605 g/mol. The predicted molar refractivity (Wildman–Crippen MR) is 141 cm³/mol. The maximum atomic E-state index is 12.7. The number of H-pyrrole nitrogens is 1. The molecule has 174 valence electrons. The summed E-state index contributed by atoms with van der Waals surface area (Å²) in [4.78, 5) is 27.8. The largest absolute Gasteiger partial charge is 0.490 e. The molecule has 1 heterocycles. The molecule has 34 heavy (non-hydrogen) atoms. The first-order chi connectivity index (χ1) is 16.4. The Hall–Kier alpha value is -2.88. The Bertz CT molecular complexity index is 1500. The van der Waals surface area contributed by atoms with Crippen LogP contribution in [-0.4, -0.2) is 22.5 Å². The number of ether oxygens (including phenoxy) is 2. The van der Waals surface area contributed by atoms with Gasteiger partial charge in [0.1, 0.15) is 6.61 Å². The number of fused-ring (bicyclic) bond motifs is 1. The lowest BCUT2D eigenvalue weighted by Crippen LogP contribution is -2.32. The van der Waals surface area contributed by atoms with Gasteiger partial charge in [-0.15, -0.1) is 4.68 Å². The van der Waals surface area contributed by atoms with Crippen molar-refractivity contribution < 1.29 is 9.47 Å². The Morgan fingerprint density at radius 2 is 1.79 bits per heavy atom. The Kier molecular flexibility index (Phi) is 7.55. The van der Waals surface area contributed by atoms with Crippen LogP contribution in [0, 0.1) is 0 Å². The van der Waals surface area contributed by atoms with Gasteiger partial charge in [0.05, 0.1) is 28.2 Å². The third kappa shape index (κ3) is 5.11. The van der Waals surface area contributed by atoms with Gasteiger partial charge in [0, 0.05) is 15.1 Å². The van der Waals surface area contributed by atoms with Gasteiger partial charge in [0.25, 0.3) is 5.56 Å². The molecule has 1 aromatic heterocycles. The number of aromatic nitrogens is 2. The van der Waals surface area contributed by atoms with E-state index in [0.29, 0.717) is 55.1 Å². The lowest BCUT2D eigenvalue weighted by Gasteiger charge is -2.16. The highest BCUT2D eigenvalue weighted by molar-refractivity contribution is 9.13. The highest BCUT2D eigenvalue weighted by Gasteiger charge is 2.17. The highest BCUT2D eigenvalue weighted by atomic mass is 79.9. The second kappa shape index (κ2) is 10.6. The van der Waals surface area contributed by atoms with E-state index in [1.807, 2.05) is 19.1 Å². The minimum absolute atomic E-state index is 0.303. The Morgan fingerprint density at radius 3 is 2.53 bits per heavy atom. The first kappa shape index (κ1) is 24.3. The van der Waals surface area contributed by atoms with Gasteiger partial charge in [-0.3, -0.25) is 4.79 Å². The van der Waals surface area contributed by atoms with Crippen LogP contribution in [0.5, 0.6) is 11.5 Å². The van der Waals surface area contributed by atoms with Gasteiger partial charge in [-0.05, 0) is 74.7 Å². The molecule has 4 rings (SSSR count). The van der Waals surface area contributed by atoms with Crippen molar-refractivity contribution in [3.05, 3.63) is 101 Å². The SMILES string of the molecule is CCOc1cc(C=Nn2c(=O)[nH]c3ccccc3c2=O)c(Br)c(Br)c1OCc1ccc(Cl)cc1. The molecule has 4 aromatic rings. The summed E-state index contributed by atoms with van der Waals surface area (Å²) in [5.41, 5.74) is 0.819. The highest BCUT2D eigenvalue weighted by Crippen LogP contribution is 2.42. The molecule has 0 unspecified atom stereocenters. The summed E-state index contributed by atoms with van der Waals surface area (Å²) in [6.45, 7) is 2.57. The van der Waals surface area contributed by atoms with E-state index >= 15 is 0 Å². The summed E-state index contributed by atoms with van der Waals surface area (Å²) in [5, 5.41) is 5.15. The van der Waals surface area contributed by atoms with E-state index in [1.54, 1.807) is 42.5 Å². The van der Waals surface area contributed by atoms with Gasteiger partial charge < -0.3 is 14.5 Å². The molecule has 0 aliphatic heterocycles. The van der Waals surface area contributed by atoms with Crippen molar-refractivity contribution in [1.29, 1.82) is 0 Å². The molecule has 7 nitrogen and oxygen atoms in total. The summed E-state index contributed by atoms with van der Waals surface area (Å²) in [7, 11) is 0. The summed E-state index contributed by atoms with van der Waals surface area (Å²) in [6.07, 6.45) is 1.41. The minimum Gasteiger partial charge on any atom is -0.490 e. The fourth-order valence-electron chi connectivity index (χ4n) is 3.21. The van der Waals surface area contributed by atoms with Gasteiger partial charge in [-0.2, -0.15) is 5.10 Å². The van der Waals surface area contributed by atoms with Crippen LogP contribution in [0.4, 0.5) is 0 Å². The molecule has 3 aromatic carbocycles. The fraction of sp³-hybridized carbons (Fsp3) is 0.125. The maximum Gasteiger partial charge on any atom is 0.349 e. The van der Waals surface area contributed by atoms with E-state index in [-0.39, 0.29) is 0 Å².